The highest BCUT2D eigenvalue weighted by molar-refractivity contribution is 5.99. The van der Waals surface area contributed by atoms with Crippen LogP contribution in [0.5, 0.6) is 0 Å². The summed E-state index contributed by atoms with van der Waals surface area (Å²) in [4.78, 5) is 28.4. The number of benzene rings is 1. The van der Waals surface area contributed by atoms with Crippen molar-refractivity contribution in [3.05, 3.63) is 52.8 Å². The van der Waals surface area contributed by atoms with Crippen LogP contribution in [0.3, 0.4) is 0 Å². The zero-order valence-electron chi connectivity index (χ0n) is 17.4. The fourth-order valence-corrected chi connectivity index (χ4v) is 3.87. The zero-order valence-corrected chi connectivity index (χ0v) is 17.4. The number of rotatable bonds is 6. The number of nitrogens with zero attached hydrogens (tertiary/aromatic N) is 3. The van der Waals surface area contributed by atoms with Gasteiger partial charge in [-0.05, 0) is 51.1 Å². The van der Waals surface area contributed by atoms with E-state index in [1.54, 1.807) is 19.9 Å². The second-order valence-corrected chi connectivity index (χ2v) is 7.78. The lowest BCUT2D eigenvalue weighted by Crippen LogP contribution is -2.48. The lowest BCUT2D eigenvalue weighted by molar-refractivity contribution is -0.141. The summed E-state index contributed by atoms with van der Waals surface area (Å²) in [6, 6.07) is 9.02. The summed E-state index contributed by atoms with van der Waals surface area (Å²) in [6.07, 6.45) is -4.33. The van der Waals surface area contributed by atoms with Gasteiger partial charge in [0, 0.05) is 54.4 Å². The van der Waals surface area contributed by atoms with Gasteiger partial charge in [0.25, 0.3) is 0 Å². The Morgan fingerprint density at radius 3 is 2.13 bits per heavy atom. The Morgan fingerprint density at radius 1 is 1.00 bits per heavy atom. The minimum Gasteiger partial charge on any atom is -0.369 e. The number of carbonyl (C=O) groups is 2. The standard InChI is InChI=1S/C22H26F3N3O2/c1-15-12-20(16(2)28(15)14-22(23,24)25)21(30)13-26-8-10-27(11-9-26)19-6-4-18(5-7-19)17(3)29/h4-7,12H,8-11,13-14H2,1-3H3. The summed E-state index contributed by atoms with van der Waals surface area (Å²) in [5, 5.41) is 0. The first-order chi connectivity index (χ1) is 14.0. The minimum absolute atomic E-state index is 0.0273. The Hall–Kier alpha value is -2.61. The van der Waals surface area contributed by atoms with Crippen LogP contribution in [0.4, 0.5) is 18.9 Å². The maximum absolute atomic E-state index is 12.8. The van der Waals surface area contributed by atoms with Crippen molar-refractivity contribution in [2.45, 2.75) is 33.5 Å². The Morgan fingerprint density at radius 2 is 1.60 bits per heavy atom. The van der Waals surface area contributed by atoms with Gasteiger partial charge >= 0.3 is 6.18 Å². The first-order valence-corrected chi connectivity index (χ1v) is 9.90. The van der Waals surface area contributed by atoms with Gasteiger partial charge in [0.05, 0.1) is 6.54 Å². The largest absolute Gasteiger partial charge is 0.406 e. The van der Waals surface area contributed by atoms with E-state index in [-0.39, 0.29) is 18.1 Å². The molecule has 30 heavy (non-hydrogen) atoms. The van der Waals surface area contributed by atoms with Crippen LogP contribution in [0.15, 0.2) is 30.3 Å². The van der Waals surface area contributed by atoms with Crippen LogP contribution in [-0.4, -0.2) is 59.9 Å². The van der Waals surface area contributed by atoms with E-state index >= 15 is 0 Å². The predicted octanol–water partition coefficient (Wildman–Crippen LogP) is 3.87. The topological polar surface area (TPSA) is 45.6 Å². The average molecular weight is 421 g/mol. The van der Waals surface area contributed by atoms with Gasteiger partial charge < -0.3 is 9.47 Å². The number of carbonyl (C=O) groups excluding carboxylic acids is 2. The van der Waals surface area contributed by atoms with Crippen LogP contribution in [0.2, 0.25) is 0 Å². The van der Waals surface area contributed by atoms with Gasteiger partial charge in [0.1, 0.15) is 6.54 Å². The number of piperazine rings is 1. The molecule has 5 nitrogen and oxygen atoms in total. The SMILES string of the molecule is CC(=O)c1ccc(N2CCN(CC(=O)c3cc(C)n(CC(F)(F)F)c3C)CC2)cc1. The molecule has 0 amide bonds. The van der Waals surface area contributed by atoms with Gasteiger partial charge in [0.2, 0.25) is 0 Å². The van der Waals surface area contributed by atoms with Crippen LogP contribution < -0.4 is 4.90 Å². The van der Waals surface area contributed by atoms with E-state index in [4.69, 9.17) is 0 Å². The second kappa shape index (κ2) is 8.63. The average Bonchev–Trinajstić information content (AvgIpc) is 2.96. The van der Waals surface area contributed by atoms with E-state index in [9.17, 15) is 22.8 Å². The molecule has 2 heterocycles. The molecule has 162 valence electrons. The number of anilines is 1. The van der Waals surface area contributed by atoms with E-state index in [0.717, 1.165) is 23.3 Å². The van der Waals surface area contributed by atoms with Crippen molar-refractivity contribution in [3.8, 4) is 0 Å². The summed E-state index contributed by atoms with van der Waals surface area (Å²) >= 11 is 0. The van der Waals surface area contributed by atoms with E-state index < -0.39 is 12.7 Å². The molecule has 1 aliphatic rings. The lowest BCUT2D eigenvalue weighted by atomic mass is 10.1. The Kier molecular flexibility index (Phi) is 6.36. The first kappa shape index (κ1) is 22.1. The van der Waals surface area contributed by atoms with Gasteiger partial charge in [0.15, 0.2) is 11.6 Å². The minimum atomic E-state index is -4.33. The predicted molar refractivity (Wildman–Crippen MR) is 109 cm³/mol. The third-order valence-corrected chi connectivity index (χ3v) is 5.59. The van der Waals surface area contributed by atoms with Gasteiger partial charge in [-0.25, -0.2) is 0 Å². The molecular formula is C22H26F3N3O2. The number of hydrogen-bond donors (Lipinski definition) is 0. The van der Waals surface area contributed by atoms with Crippen molar-refractivity contribution in [2.24, 2.45) is 0 Å². The fraction of sp³-hybridized carbons (Fsp3) is 0.455. The number of halogens is 3. The fourth-order valence-electron chi connectivity index (χ4n) is 3.87. The molecule has 1 aromatic carbocycles. The Balaban J connectivity index is 1.59. The Bertz CT molecular complexity index is 924. The highest BCUT2D eigenvalue weighted by Gasteiger charge is 2.30. The molecule has 3 rings (SSSR count). The smallest absolute Gasteiger partial charge is 0.369 e. The quantitative estimate of drug-likeness (QED) is 0.665. The number of Topliss-reactive ketones (excluding diaryl/α,β-unsaturated/α-hetero) is 2. The van der Waals surface area contributed by atoms with E-state index in [1.165, 1.54) is 6.92 Å². The summed E-state index contributed by atoms with van der Waals surface area (Å²) < 4.78 is 39.5. The maximum Gasteiger partial charge on any atom is 0.406 e. The van der Waals surface area contributed by atoms with Crippen LogP contribution in [0, 0.1) is 13.8 Å². The molecule has 0 saturated carbocycles. The van der Waals surface area contributed by atoms with Crippen molar-refractivity contribution < 1.29 is 22.8 Å². The van der Waals surface area contributed by atoms with Crippen molar-refractivity contribution in [3.63, 3.8) is 0 Å². The van der Waals surface area contributed by atoms with Crippen molar-refractivity contribution in [2.75, 3.05) is 37.6 Å². The molecule has 0 unspecified atom stereocenters. The van der Waals surface area contributed by atoms with Gasteiger partial charge in [-0.2, -0.15) is 13.2 Å². The van der Waals surface area contributed by atoms with E-state index in [2.05, 4.69) is 4.90 Å². The number of ketones is 2. The van der Waals surface area contributed by atoms with E-state index in [0.29, 0.717) is 35.6 Å². The monoisotopic (exact) mass is 421 g/mol. The molecule has 0 bridgehead atoms. The lowest BCUT2D eigenvalue weighted by Gasteiger charge is -2.35. The molecule has 0 aliphatic carbocycles. The molecule has 1 aromatic heterocycles. The summed E-state index contributed by atoms with van der Waals surface area (Å²) in [6.45, 7) is 6.63. The summed E-state index contributed by atoms with van der Waals surface area (Å²) in [5.74, 6) is -0.129. The molecule has 0 radical (unpaired) electrons. The molecule has 1 aliphatic heterocycles. The van der Waals surface area contributed by atoms with Crippen molar-refractivity contribution in [1.82, 2.24) is 9.47 Å². The molecule has 1 fully saturated rings. The van der Waals surface area contributed by atoms with Crippen LogP contribution >= 0.6 is 0 Å². The van der Waals surface area contributed by atoms with Crippen molar-refractivity contribution >= 4 is 17.3 Å². The first-order valence-electron chi connectivity index (χ1n) is 9.90. The molecule has 2 aromatic rings. The molecule has 0 N–H and O–H groups in total. The highest BCUT2D eigenvalue weighted by Crippen LogP contribution is 2.24. The molecule has 0 atom stereocenters. The van der Waals surface area contributed by atoms with Gasteiger partial charge in [-0.3, -0.25) is 14.5 Å². The summed E-state index contributed by atoms with van der Waals surface area (Å²) in [7, 11) is 0. The molecule has 8 heteroatoms. The molecular weight excluding hydrogens is 395 g/mol. The molecule has 1 saturated heterocycles. The van der Waals surface area contributed by atoms with Gasteiger partial charge in [-0.1, -0.05) is 0 Å². The Labute approximate surface area is 174 Å². The van der Waals surface area contributed by atoms with Gasteiger partial charge in [-0.15, -0.1) is 0 Å². The van der Waals surface area contributed by atoms with Crippen LogP contribution in [0.1, 0.15) is 39.0 Å². The van der Waals surface area contributed by atoms with Crippen LogP contribution in [0.25, 0.3) is 0 Å². The number of aryl methyl sites for hydroxylation is 1. The van der Waals surface area contributed by atoms with Crippen LogP contribution in [-0.2, 0) is 6.54 Å². The number of aromatic nitrogens is 1. The highest BCUT2D eigenvalue weighted by atomic mass is 19.4. The zero-order chi connectivity index (χ0) is 22.1. The normalized spacial score (nSPS) is 15.5. The third kappa shape index (κ3) is 5.11. The maximum atomic E-state index is 12.8. The third-order valence-electron chi connectivity index (χ3n) is 5.59. The number of alkyl halides is 3. The van der Waals surface area contributed by atoms with E-state index in [1.807, 2.05) is 29.2 Å². The number of hydrogen-bond acceptors (Lipinski definition) is 4. The second-order valence-electron chi connectivity index (χ2n) is 7.78. The van der Waals surface area contributed by atoms with Crippen molar-refractivity contribution in [1.29, 1.82) is 0 Å². The summed E-state index contributed by atoms with van der Waals surface area (Å²) in [5.41, 5.74) is 2.86. The molecule has 0 spiro atoms.